The summed E-state index contributed by atoms with van der Waals surface area (Å²) in [5.74, 6) is 0. The highest BCUT2D eigenvalue weighted by Crippen LogP contribution is 2.25. The molecule has 2 amide bonds. The first-order valence-electron chi connectivity index (χ1n) is 7.43. The van der Waals surface area contributed by atoms with Crippen LogP contribution in [-0.2, 0) is 11.3 Å². The smallest absolute Gasteiger partial charge is 0.317 e. The molecule has 1 atom stereocenters. The second-order valence-electron chi connectivity index (χ2n) is 5.29. The number of nitriles is 1. The number of urea groups is 1. The van der Waals surface area contributed by atoms with Gasteiger partial charge >= 0.3 is 6.03 Å². The van der Waals surface area contributed by atoms with Crippen LogP contribution in [0, 0.1) is 11.3 Å². The van der Waals surface area contributed by atoms with Crippen LogP contribution in [0.2, 0.25) is 0 Å². The van der Waals surface area contributed by atoms with Gasteiger partial charge in [0.25, 0.3) is 0 Å². The largest absolute Gasteiger partial charge is 0.369 e. The molecule has 0 saturated carbocycles. The fourth-order valence-electron chi connectivity index (χ4n) is 2.52. The molecule has 23 heavy (non-hydrogen) atoms. The van der Waals surface area contributed by atoms with Crippen molar-refractivity contribution in [1.82, 2.24) is 10.2 Å². The molecule has 1 N–H and O–H groups in total. The number of benzene rings is 1. The van der Waals surface area contributed by atoms with Gasteiger partial charge in [0.15, 0.2) is 0 Å². The van der Waals surface area contributed by atoms with E-state index in [4.69, 9.17) is 10.00 Å². The number of morpholine rings is 1. The zero-order valence-electron chi connectivity index (χ0n) is 12.6. The Morgan fingerprint density at radius 3 is 3.13 bits per heavy atom. The number of carbonyl (C=O) groups excluding carboxylic acids is 1. The van der Waals surface area contributed by atoms with E-state index in [0.717, 1.165) is 10.4 Å². The highest BCUT2D eigenvalue weighted by atomic mass is 32.1. The van der Waals surface area contributed by atoms with Crippen molar-refractivity contribution < 1.29 is 9.53 Å². The molecular weight excluding hydrogens is 310 g/mol. The molecule has 1 fully saturated rings. The first kappa shape index (κ1) is 15.5. The number of rotatable bonds is 3. The number of ether oxygens (including phenoxy) is 1. The quantitative estimate of drug-likeness (QED) is 0.942. The average molecular weight is 327 g/mol. The van der Waals surface area contributed by atoms with E-state index >= 15 is 0 Å². The highest BCUT2D eigenvalue weighted by Gasteiger charge is 2.25. The van der Waals surface area contributed by atoms with E-state index in [1.54, 1.807) is 28.4 Å². The Morgan fingerprint density at radius 1 is 1.43 bits per heavy atom. The van der Waals surface area contributed by atoms with Crippen LogP contribution in [0.15, 0.2) is 41.8 Å². The lowest BCUT2D eigenvalue weighted by molar-refractivity contribution is -0.0136. The Morgan fingerprint density at radius 2 is 2.35 bits per heavy atom. The lowest BCUT2D eigenvalue weighted by atomic mass is 10.1. The molecule has 0 radical (unpaired) electrons. The van der Waals surface area contributed by atoms with Crippen LogP contribution in [0.5, 0.6) is 0 Å². The van der Waals surface area contributed by atoms with Crippen molar-refractivity contribution in [3.63, 3.8) is 0 Å². The van der Waals surface area contributed by atoms with Crippen molar-refractivity contribution in [3.8, 4) is 6.07 Å². The Balaban J connectivity index is 1.56. The molecule has 3 rings (SSSR count). The summed E-state index contributed by atoms with van der Waals surface area (Å²) in [7, 11) is 0. The molecule has 1 saturated heterocycles. The number of hydrogen-bond donors (Lipinski definition) is 1. The Bertz CT molecular complexity index is 709. The summed E-state index contributed by atoms with van der Waals surface area (Å²) in [5, 5.41) is 13.8. The van der Waals surface area contributed by atoms with Gasteiger partial charge < -0.3 is 15.0 Å². The van der Waals surface area contributed by atoms with Crippen LogP contribution < -0.4 is 5.32 Å². The van der Waals surface area contributed by atoms with E-state index in [9.17, 15) is 4.79 Å². The van der Waals surface area contributed by atoms with Crippen LogP contribution in [0.3, 0.4) is 0 Å². The summed E-state index contributed by atoms with van der Waals surface area (Å²) in [6.45, 7) is 2.10. The van der Waals surface area contributed by atoms with Crippen LogP contribution >= 0.6 is 11.3 Å². The van der Waals surface area contributed by atoms with E-state index < -0.39 is 0 Å². The maximum atomic E-state index is 12.3. The van der Waals surface area contributed by atoms with Gasteiger partial charge in [-0.05, 0) is 29.1 Å². The Kier molecular flexibility index (Phi) is 4.91. The third-order valence-corrected chi connectivity index (χ3v) is 4.68. The summed E-state index contributed by atoms with van der Waals surface area (Å²) in [6.07, 6.45) is -0.0450. The van der Waals surface area contributed by atoms with E-state index in [1.807, 2.05) is 29.6 Å². The number of carbonyl (C=O) groups is 1. The third kappa shape index (κ3) is 3.89. The van der Waals surface area contributed by atoms with E-state index in [2.05, 4.69) is 11.4 Å². The standard InChI is InChI=1S/C17H17N3O2S/c18-10-13-3-1-4-14(9-13)11-19-17(21)20-6-7-22-15(12-20)16-5-2-8-23-16/h1-5,8-9,15H,6-7,11-12H2,(H,19,21). The summed E-state index contributed by atoms with van der Waals surface area (Å²) in [4.78, 5) is 15.3. The van der Waals surface area contributed by atoms with Crippen LogP contribution in [0.4, 0.5) is 4.79 Å². The highest BCUT2D eigenvalue weighted by molar-refractivity contribution is 7.10. The Hall–Kier alpha value is -2.36. The van der Waals surface area contributed by atoms with Gasteiger partial charge in [0.2, 0.25) is 0 Å². The summed E-state index contributed by atoms with van der Waals surface area (Å²) >= 11 is 1.64. The number of nitrogens with one attached hydrogen (secondary N) is 1. The average Bonchev–Trinajstić information content (AvgIpc) is 3.14. The first-order valence-corrected chi connectivity index (χ1v) is 8.31. The van der Waals surface area contributed by atoms with Crippen molar-refractivity contribution in [2.45, 2.75) is 12.6 Å². The van der Waals surface area contributed by atoms with E-state index in [-0.39, 0.29) is 12.1 Å². The second-order valence-corrected chi connectivity index (χ2v) is 6.27. The molecule has 118 valence electrons. The zero-order chi connectivity index (χ0) is 16.1. The predicted octanol–water partition coefficient (Wildman–Crippen LogP) is 2.90. The molecular formula is C17H17N3O2S. The van der Waals surface area contributed by atoms with Gasteiger partial charge in [-0.3, -0.25) is 0 Å². The van der Waals surface area contributed by atoms with Crippen molar-refractivity contribution in [3.05, 3.63) is 57.8 Å². The number of hydrogen-bond acceptors (Lipinski definition) is 4. The predicted molar refractivity (Wildman–Crippen MR) is 88.0 cm³/mol. The van der Waals surface area contributed by atoms with Crippen LogP contribution in [-0.4, -0.2) is 30.6 Å². The van der Waals surface area contributed by atoms with Gasteiger partial charge in [0.1, 0.15) is 6.10 Å². The number of thiophene rings is 1. The topological polar surface area (TPSA) is 65.4 Å². The fourth-order valence-corrected chi connectivity index (χ4v) is 3.29. The van der Waals surface area contributed by atoms with Gasteiger partial charge in [0.05, 0.1) is 24.8 Å². The van der Waals surface area contributed by atoms with Gasteiger partial charge in [-0.2, -0.15) is 5.26 Å². The van der Waals surface area contributed by atoms with Crippen molar-refractivity contribution >= 4 is 17.4 Å². The minimum absolute atomic E-state index is 0.0450. The van der Waals surface area contributed by atoms with Crippen LogP contribution in [0.25, 0.3) is 0 Å². The fraction of sp³-hybridized carbons (Fsp3) is 0.294. The zero-order valence-corrected chi connectivity index (χ0v) is 13.4. The summed E-state index contributed by atoms with van der Waals surface area (Å²) in [6, 6.07) is 13.3. The molecule has 1 aliphatic heterocycles. The molecule has 1 aliphatic rings. The first-order chi connectivity index (χ1) is 11.3. The number of amides is 2. The normalized spacial score (nSPS) is 17.5. The number of nitrogens with zero attached hydrogens (tertiary/aromatic N) is 2. The van der Waals surface area contributed by atoms with Gasteiger partial charge in [-0.15, -0.1) is 11.3 Å². The van der Waals surface area contributed by atoms with Gasteiger partial charge in [0, 0.05) is 18.0 Å². The molecule has 0 aliphatic carbocycles. The molecule has 1 aromatic heterocycles. The molecule has 0 bridgehead atoms. The van der Waals surface area contributed by atoms with E-state index in [1.165, 1.54) is 0 Å². The lowest BCUT2D eigenvalue weighted by Crippen LogP contribution is -2.46. The maximum absolute atomic E-state index is 12.3. The van der Waals surface area contributed by atoms with Crippen molar-refractivity contribution in [1.29, 1.82) is 5.26 Å². The molecule has 6 heteroatoms. The van der Waals surface area contributed by atoms with Crippen LogP contribution in [0.1, 0.15) is 22.1 Å². The maximum Gasteiger partial charge on any atom is 0.317 e. The molecule has 2 aromatic rings. The van der Waals surface area contributed by atoms with Crippen molar-refractivity contribution in [2.24, 2.45) is 0 Å². The summed E-state index contributed by atoms with van der Waals surface area (Å²) < 4.78 is 5.75. The third-order valence-electron chi connectivity index (χ3n) is 3.71. The van der Waals surface area contributed by atoms with Gasteiger partial charge in [-0.1, -0.05) is 18.2 Å². The Labute approximate surface area is 139 Å². The minimum Gasteiger partial charge on any atom is -0.369 e. The molecule has 1 aromatic carbocycles. The molecule has 0 spiro atoms. The molecule has 2 heterocycles. The van der Waals surface area contributed by atoms with Gasteiger partial charge in [-0.25, -0.2) is 4.79 Å². The monoisotopic (exact) mass is 327 g/mol. The van der Waals surface area contributed by atoms with E-state index in [0.29, 0.717) is 31.8 Å². The SMILES string of the molecule is N#Cc1cccc(CNC(=O)N2CCOC(c3cccs3)C2)c1. The minimum atomic E-state index is -0.0998. The second kappa shape index (κ2) is 7.27. The lowest BCUT2D eigenvalue weighted by Gasteiger charge is -2.32. The van der Waals surface area contributed by atoms with Crippen molar-refractivity contribution in [2.75, 3.05) is 19.7 Å². The molecule has 1 unspecified atom stereocenters. The molecule has 5 nitrogen and oxygen atoms in total. The summed E-state index contributed by atoms with van der Waals surface area (Å²) in [5.41, 5.74) is 1.52.